The summed E-state index contributed by atoms with van der Waals surface area (Å²) in [6.45, 7) is 5.70. The molecule has 2 heterocycles. The zero-order chi connectivity index (χ0) is 22.7. The molecule has 2 aliphatic rings. The Morgan fingerprint density at radius 3 is 2.38 bits per heavy atom. The fraction of sp³-hybridized carbons (Fsp3) is 0.520. The van der Waals surface area contributed by atoms with Gasteiger partial charge in [-0.2, -0.15) is 0 Å². The molecule has 7 heteroatoms. The predicted molar refractivity (Wildman–Crippen MR) is 119 cm³/mol. The van der Waals surface area contributed by atoms with Gasteiger partial charge in [0, 0.05) is 48.4 Å². The Bertz CT molecular complexity index is 965. The molecule has 0 bridgehead atoms. The zero-order valence-electron chi connectivity index (χ0n) is 18.9. The fourth-order valence-electron chi connectivity index (χ4n) is 4.53. The topological polar surface area (TPSA) is 75.2 Å². The summed E-state index contributed by atoms with van der Waals surface area (Å²) in [5.74, 6) is 1.02. The van der Waals surface area contributed by atoms with E-state index in [0.717, 1.165) is 67.0 Å². The molecule has 1 N–H and O–H groups in total. The molecule has 32 heavy (non-hydrogen) atoms. The van der Waals surface area contributed by atoms with Gasteiger partial charge >= 0.3 is 0 Å². The summed E-state index contributed by atoms with van der Waals surface area (Å²) in [6.07, 6.45) is 5.35. The monoisotopic (exact) mass is 438 g/mol. The van der Waals surface area contributed by atoms with Crippen molar-refractivity contribution in [3.8, 4) is 0 Å². The maximum absolute atomic E-state index is 13.0. The van der Waals surface area contributed by atoms with Crippen molar-refractivity contribution in [1.82, 2.24) is 20.2 Å². The normalized spacial score (nSPS) is 18.8. The van der Waals surface area contributed by atoms with E-state index in [0.29, 0.717) is 19.0 Å². The van der Waals surface area contributed by atoms with Crippen LogP contribution >= 0.6 is 0 Å². The van der Waals surface area contributed by atoms with Crippen molar-refractivity contribution < 1.29 is 14.0 Å². The van der Waals surface area contributed by atoms with Crippen LogP contribution in [0.1, 0.15) is 66.4 Å². The molecule has 0 unspecified atom stereocenters. The largest absolute Gasteiger partial charge is 0.352 e. The van der Waals surface area contributed by atoms with Crippen LogP contribution in [0.5, 0.6) is 0 Å². The van der Waals surface area contributed by atoms with E-state index in [1.54, 1.807) is 12.1 Å². The molecule has 1 saturated carbocycles. The third-order valence-corrected chi connectivity index (χ3v) is 6.73. The second-order valence-electron chi connectivity index (χ2n) is 9.06. The lowest BCUT2D eigenvalue weighted by Gasteiger charge is -2.37. The van der Waals surface area contributed by atoms with Crippen molar-refractivity contribution in [2.24, 2.45) is 5.92 Å². The van der Waals surface area contributed by atoms with Gasteiger partial charge in [0.25, 0.3) is 0 Å². The summed E-state index contributed by atoms with van der Waals surface area (Å²) in [5.41, 5.74) is 3.31. The number of aromatic nitrogens is 2. The first-order valence-corrected chi connectivity index (χ1v) is 11.5. The predicted octanol–water partition coefficient (Wildman–Crippen LogP) is 3.60. The third kappa shape index (κ3) is 5.14. The molecule has 6 nitrogen and oxygen atoms in total. The van der Waals surface area contributed by atoms with Crippen LogP contribution in [0.2, 0.25) is 0 Å². The number of halogens is 1. The Balaban J connectivity index is 1.38. The first-order chi connectivity index (χ1) is 15.4. The van der Waals surface area contributed by atoms with Crippen molar-refractivity contribution >= 4 is 11.8 Å². The Kier molecular flexibility index (Phi) is 6.82. The number of carbonyl (C=O) groups is 2. The van der Waals surface area contributed by atoms with Crippen LogP contribution in [0.15, 0.2) is 24.3 Å². The molecular weight excluding hydrogens is 407 g/mol. The summed E-state index contributed by atoms with van der Waals surface area (Å²) in [7, 11) is 0. The molecule has 1 aliphatic carbocycles. The van der Waals surface area contributed by atoms with Crippen molar-refractivity contribution in [1.29, 1.82) is 0 Å². The van der Waals surface area contributed by atoms with Crippen LogP contribution in [-0.4, -0.2) is 39.8 Å². The summed E-state index contributed by atoms with van der Waals surface area (Å²) in [4.78, 5) is 36.6. The lowest BCUT2D eigenvalue weighted by Crippen LogP contribution is -2.44. The molecule has 0 spiro atoms. The molecule has 1 saturated heterocycles. The quantitative estimate of drug-likeness (QED) is 0.748. The van der Waals surface area contributed by atoms with E-state index in [9.17, 15) is 14.0 Å². The number of hydrogen-bond donors (Lipinski definition) is 1. The van der Waals surface area contributed by atoms with Gasteiger partial charge in [0.15, 0.2) is 0 Å². The maximum atomic E-state index is 13.0. The number of rotatable bonds is 6. The van der Waals surface area contributed by atoms with E-state index in [2.05, 4.69) is 5.32 Å². The van der Waals surface area contributed by atoms with E-state index in [-0.39, 0.29) is 30.0 Å². The summed E-state index contributed by atoms with van der Waals surface area (Å²) < 4.78 is 13.0. The number of benzene rings is 1. The molecule has 2 aromatic rings. The average molecular weight is 439 g/mol. The van der Waals surface area contributed by atoms with Crippen molar-refractivity contribution in [3.63, 3.8) is 0 Å². The minimum Gasteiger partial charge on any atom is -0.352 e. The van der Waals surface area contributed by atoms with Crippen molar-refractivity contribution in [3.05, 3.63) is 58.4 Å². The van der Waals surface area contributed by atoms with Crippen LogP contribution < -0.4 is 5.32 Å². The van der Waals surface area contributed by atoms with Crippen LogP contribution in [-0.2, 0) is 22.6 Å². The number of piperidine rings is 1. The zero-order valence-corrected chi connectivity index (χ0v) is 18.9. The van der Waals surface area contributed by atoms with Gasteiger partial charge in [-0.05, 0) is 57.2 Å². The fourth-order valence-corrected chi connectivity index (χ4v) is 4.53. The van der Waals surface area contributed by atoms with Gasteiger partial charge in [0.05, 0.1) is 6.42 Å². The Morgan fingerprint density at radius 1 is 1.06 bits per heavy atom. The highest BCUT2D eigenvalue weighted by Gasteiger charge is 2.33. The number of likely N-dealkylation sites (tertiary alicyclic amines) is 1. The Morgan fingerprint density at radius 2 is 1.75 bits per heavy atom. The molecule has 4 rings (SSSR count). The summed E-state index contributed by atoms with van der Waals surface area (Å²) >= 11 is 0. The van der Waals surface area contributed by atoms with E-state index in [4.69, 9.17) is 9.97 Å². The van der Waals surface area contributed by atoms with E-state index >= 15 is 0 Å². The highest BCUT2D eigenvalue weighted by atomic mass is 19.1. The van der Waals surface area contributed by atoms with Gasteiger partial charge in [-0.25, -0.2) is 14.4 Å². The lowest BCUT2D eigenvalue weighted by atomic mass is 9.83. The highest BCUT2D eigenvalue weighted by Crippen LogP contribution is 2.32. The van der Waals surface area contributed by atoms with Crippen LogP contribution in [0.25, 0.3) is 0 Å². The summed E-state index contributed by atoms with van der Waals surface area (Å²) in [5, 5.41) is 2.88. The van der Waals surface area contributed by atoms with Gasteiger partial charge in [-0.1, -0.05) is 18.6 Å². The minimum atomic E-state index is -0.294. The molecule has 1 aliphatic heterocycles. The maximum Gasteiger partial charge on any atom is 0.225 e. The van der Waals surface area contributed by atoms with E-state index in [1.807, 2.05) is 18.7 Å². The van der Waals surface area contributed by atoms with Gasteiger partial charge in [-0.3, -0.25) is 9.59 Å². The first kappa shape index (κ1) is 22.4. The molecule has 0 radical (unpaired) electrons. The van der Waals surface area contributed by atoms with E-state index < -0.39 is 0 Å². The van der Waals surface area contributed by atoms with Crippen molar-refractivity contribution in [2.75, 3.05) is 13.1 Å². The highest BCUT2D eigenvalue weighted by molar-refractivity contribution is 5.80. The molecule has 1 aromatic heterocycles. The standard InChI is InChI=1S/C25H31FN4O2/c1-16-22(13-23(31)27-14-18-8-10-21(26)11-9-18)17(2)29-24(28-16)20-7-4-12-30(15-20)25(32)19-5-3-6-19/h8-11,19-20H,3-7,12-15H2,1-2H3,(H,27,31)/t20-/m1/s1. The second kappa shape index (κ2) is 9.76. The molecule has 1 atom stereocenters. The smallest absolute Gasteiger partial charge is 0.225 e. The first-order valence-electron chi connectivity index (χ1n) is 11.5. The Labute approximate surface area is 188 Å². The molecule has 2 amide bonds. The molecular formula is C25H31FN4O2. The van der Waals surface area contributed by atoms with Gasteiger partial charge < -0.3 is 10.2 Å². The van der Waals surface area contributed by atoms with Gasteiger partial charge in [-0.15, -0.1) is 0 Å². The molecule has 170 valence electrons. The van der Waals surface area contributed by atoms with Crippen LogP contribution in [0.4, 0.5) is 4.39 Å². The number of nitrogens with one attached hydrogen (secondary N) is 1. The number of nitrogens with zero attached hydrogens (tertiary/aromatic N) is 3. The van der Waals surface area contributed by atoms with Gasteiger partial charge in [0.1, 0.15) is 11.6 Å². The molecule has 1 aromatic carbocycles. The third-order valence-electron chi connectivity index (χ3n) is 6.73. The number of carbonyl (C=O) groups excluding carboxylic acids is 2. The van der Waals surface area contributed by atoms with E-state index in [1.165, 1.54) is 12.1 Å². The Hall–Kier alpha value is -2.83. The number of hydrogen-bond acceptors (Lipinski definition) is 4. The average Bonchev–Trinajstić information content (AvgIpc) is 2.74. The van der Waals surface area contributed by atoms with Crippen LogP contribution in [0.3, 0.4) is 0 Å². The lowest BCUT2D eigenvalue weighted by molar-refractivity contribution is -0.139. The SMILES string of the molecule is Cc1nc([C@@H]2CCCN(C(=O)C3CCC3)C2)nc(C)c1CC(=O)NCc1ccc(F)cc1. The van der Waals surface area contributed by atoms with Crippen LogP contribution in [0, 0.1) is 25.6 Å². The minimum absolute atomic E-state index is 0.119. The molecule has 2 fully saturated rings. The van der Waals surface area contributed by atoms with Gasteiger partial charge in [0.2, 0.25) is 11.8 Å². The number of amides is 2. The second-order valence-corrected chi connectivity index (χ2v) is 9.06. The number of aryl methyl sites for hydroxylation is 2. The van der Waals surface area contributed by atoms with Crippen molar-refractivity contribution in [2.45, 2.75) is 64.8 Å². The summed E-state index contributed by atoms with van der Waals surface area (Å²) in [6, 6.07) is 6.09.